The Balaban J connectivity index is 2.19. The molecular formula is C16H20N2O3. The van der Waals surface area contributed by atoms with Crippen LogP contribution in [0, 0.1) is 17.2 Å². The summed E-state index contributed by atoms with van der Waals surface area (Å²) < 4.78 is 5.37. The lowest BCUT2D eigenvalue weighted by Gasteiger charge is -2.30. The lowest BCUT2D eigenvalue weighted by Crippen LogP contribution is -2.43. The highest BCUT2D eigenvalue weighted by molar-refractivity contribution is 5.71. The third kappa shape index (κ3) is 3.60. The fraction of sp³-hybridized carbons (Fsp3) is 0.500. The molecule has 1 saturated heterocycles. The van der Waals surface area contributed by atoms with Crippen molar-refractivity contribution in [2.75, 3.05) is 19.8 Å². The molecule has 0 radical (unpaired) electrons. The maximum Gasteiger partial charge on any atom is 0.310 e. The Labute approximate surface area is 124 Å². The minimum atomic E-state index is -0.813. The van der Waals surface area contributed by atoms with Crippen molar-refractivity contribution in [2.24, 2.45) is 5.92 Å². The van der Waals surface area contributed by atoms with Crippen LogP contribution in [-0.2, 0) is 16.1 Å². The second kappa shape index (κ2) is 7.21. The molecule has 2 rings (SSSR count). The number of carboxylic acids is 1. The van der Waals surface area contributed by atoms with Crippen molar-refractivity contribution in [1.82, 2.24) is 4.90 Å². The Bertz CT molecular complexity index is 539. The normalized spacial score (nSPS) is 21.4. The van der Waals surface area contributed by atoms with Crippen LogP contribution >= 0.6 is 0 Å². The largest absolute Gasteiger partial charge is 0.481 e. The molecular weight excluding hydrogens is 268 g/mol. The van der Waals surface area contributed by atoms with Crippen molar-refractivity contribution in [3.8, 4) is 6.07 Å². The van der Waals surface area contributed by atoms with Gasteiger partial charge in [0.05, 0.1) is 30.8 Å². The van der Waals surface area contributed by atoms with E-state index in [1.54, 1.807) is 6.07 Å². The Kier molecular flexibility index (Phi) is 5.32. The summed E-state index contributed by atoms with van der Waals surface area (Å²) in [6.07, 6.45) is 0.928. The van der Waals surface area contributed by atoms with Crippen molar-refractivity contribution in [3.63, 3.8) is 0 Å². The van der Waals surface area contributed by atoms with E-state index in [0.717, 1.165) is 18.5 Å². The quantitative estimate of drug-likeness (QED) is 0.865. The molecule has 1 aliphatic rings. The summed E-state index contributed by atoms with van der Waals surface area (Å²) in [4.78, 5) is 13.5. The van der Waals surface area contributed by atoms with Gasteiger partial charge in [0.25, 0.3) is 0 Å². The number of hydrogen-bond donors (Lipinski definition) is 1. The molecule has 2 unspecified atom stereocenters. The molecule has 21 heavy (non-hydrogen) atoms. The SMILES string of the molecule is CCCN(Cc1ccccc1C#N)C1COCC1C(=O)O. The third-order valence-electron chi connectivity index (χ3n) is 3.86. The van der Waals surface area contributed by atoms with E-state index in [0.29, 0.717) is 18.7 Å². The van der Waals surface area contributed by atoms with Crippen molar-refractivity contribution in [3.05, 3.63) is 35.4 Å². The monoisotopic (exact) mass is 288 g/mol. The molecule has 0 bridgehead atoms. The Morgan fingerprint density at radius 1 is 1.48 bits per heavy atom. The number of nitriles is 1. The Morgan fingerprint density at radius 3 is 2.90 bits per heavy atom. The van der Waals surface area contributed by atoms with Crippen LogP contribution in [0.2, 0.25) is 0 Å². The maximum absolute atomic E-state index is 11.3. The summed E-state index contributed by atoms with van der Waals surface area (Å²) in [7, 11) is 0. The first-order valence-electron chi connectivity index (χ1n) is 7.20. The Hall–Kier alpha value is -1.90. The van der Waals surface area contributed by atoms with E-state index in [9.17, 15) is 15.2 Å². The predicted octanol–water partition coefficient (Wildman–Crippen LogP) is 1.87. The summed E-state index contributed by atoms with van der Waals surface area (Å²) in [6, 6.07) is 9.52. The highest BCUT2D eigenvalue weighted by Gasteiger charge is 2.37. The predicted molar refractivity (Wildman–Crippen MR) is 77.6 cm³/mol. The van der Waals surface area contributed by atoms with Gasteiger partial charge in [0.2, 0.25) is 0 Å². The summed E-state index contributed by atoms with van der Waals surface area (Å²) in [5, 5.41) is 18.5. The van der Waals surface area contributed by atoms with Gasteiger partial charge in [0.1, 0.15) is 0 Å². The number of carboxylic acid groups (broad SMARTS) is 1. The molecule has 1 aromatic rings. The molecule has 1 aromatic carbocycles. The summed E-state index contributed by atoms with van der Waals surface area (Å²) in [5.41, 5.74) is 1.58. The number of nitrogens with zero attached hydrogens (tertiary/aromatic N) is 2. The molecule has 1 N–H and O–H groups in total. The van der Waals surface area contributed by atoms with Gasteiger partial charge in [-0.2, -0.15) is 5.26 Å². The van der Waals surface area contributed by atoms with Gasteiger partial charge in [-0.05, 0) is 24.6 Å². The van der Waals surface area contributed by atoms with Crippen molar-refractivity contribution in [2.45, 2.75) is 25.9 Å². The third-order valence-corrected chi connectivity index (χ3v) is 3.86. The van der Waals surface area contributed by atoms with Gasteiger partial charge in [0.15, 0.2) is 0 Å². The zero-order chi connectivity index (χ0) is 15.2. The van der Waals surface area contributed by atoms with Crippen LogP contribution in [0.3, 0.4) is 0 Å². The van der Waals surface area contributed by atoms with Gasteiger partial charge in [0, 0.05) is 12.6 Å². The second-order valence-corrected chi connectivity index (χ2v) is 5.29. The van der Waals surface area contributed by atoms with Gasteiger partial charge in [-0.25, -0.2) is 0 Å². The summed E-state index contributed by atoms with van der Waals surface area (Å²) in [5.74, 6) is -1.31. The summed E-state index contributed by atoms with van der Waals surface area (Å²) >= 11 is 0. The number of benzene rings is 1. The standard InChI is InChI=1S/C16H20N2O3/c1-2-7-18(15-11-21-10-14(15)16(19)20)9-13-6-4-3-5-12(13)8-17/h3-6,14-15H,2,7,9-11H2,1H3,(H,19,20). The lowest BCUT2D eigenvalue weighted by molar-refractivity contribution is -0.143. The maximum atomic E-state index is 11.3. The van der Waals surface area contributed by atoms with Crippen molar-refractivity contribution in [1.29, 1.82) is 5.26 Å². The molecule has 5 heteroatoms. The second-order valence-electron chi connectivity index (χ2n) is 5.29. The van der Waals surface area contributed by atoms with Crippen LogP contribution in [-0.4, -0.2) is 41.8 Å². The number of ether oxygens (including phenoxy) is 1. The van der Waals surface area contributed by atoms with Crippen LogP contribution in [0.25, 0.3) is 0 Å². The average molecular weight is 288 g/mol. The molecule has 0 aromatic heterocycles. The molecule has 1 aliphatic heterocycles. The topological polar surface area (TPSA) is 73.6 Å². The number of carbonyl (C=O) groups is 1. The van der Waals surface area contributed by atoms with Gasteiger partial charge in [-0.1, -0.05) is 25.1 Å². The first kappa shape index (κ1) is 15.5. The van der Waals surface area contributed by atoms with Gasteiger partial charge >= 0.3 is 5.97 Å². The zero-order valence-corrected chi connectivity index (χ0v) is 12.2. The molecule has 5 nitrogen and oxygen atoms in total. The molecule has 112 valence electrons. The first-order valence-corrected chi connectivity index (χ1v) is 7.20. The van der Waals surface area contributed by atoms with Crippen LogP contribution < -0.4 is 0 Å². The van der Waals surface area contributed by atoms with Gasteiger partial charge < -0.3 is 9.84 Å². The lowest BCUT2D eigenvalue weighted by atomic mass is 10.0. The van der Waals surface area contributed by atoms with Gasteiger partial charge in [-0.3, -0.25) is 9.69 Å². The van der Waals surface area contributed by atoms with E-state index >= 15 is 0 Å². The first-order chi connectivity index (χ1) is 10.2. The highest BCUT2D eigenvalue weighted by atomic mass is 16.5. The molecule has 0 spiro atoms. The summed E-state index contributed by atoms with van der Waals surface area (Å²) in [6.45, 7) is 4.13. The molecule has 1 heterocycles. The minimum absolute atomic E-state index is 0.130. The average Bonchev–Trinajstić information content (AvgIpc) is 2.97. The van der Waals surface area contributed by atoms with Crippen LogP contribution in [0.15, 0.2) is 24.3 Å². The number of aliphatic carboxylic acids is 1. The molecule has 1 fully saturated rings. The highest BCUT2D eigenvalue weighted by Crippen LogP contribution is 2.23. The van der Waals surface area contributed by atoms with E-state index in [-0.39, 0.29) is 12.6 Å². The van der Waals surface area contributed by atoms with Crippen molar-refractivity contribution < 1.29 is 14.6 Å². The minimum Gasteiger partial charge on any atom is -0.481 e. The van der Waals surface area contributed by atoms with Crippen molar-refractivity contribution >= 4 is 5.97 Å². The van der Waals surface area contributed by atoms with E-state index in [4.69, 9.17) is 4.74 Å². The number of hydrogen-bond acceptors (Lipinski definition) is 4. The zero-order valence-electron chi connectivity index (χ0n) is 12.2. The fourth-order valence-corrected chi connectivity index (χ4v) is 2.77. The molecule has 0 aliphatic carbocycles. The molecule has 0 amide bonds. The van der Waals surface area contributed by atoms with E-state index < -0.39 is 11.9 Å². The molecule has 0 saturated carbocycles. The van der Waals surface area contributed by atoms with E-state index in [1.165, 1.54) is 0 Å². The van der Waals surface area contributed by atoms with E-state index in [2.05, 4.69) is 17.9 Å². The molecule has 2 atom stereocenters. The Morgan fingerprint density at radius 2 is 2.24 bits per heavy atom. The fourth-order valence-electron chi connectivity index (χ4n) is 2.77. The van der Waals surface area contributed by atoms with E-state index in [1.807, 2.05) is 18.2 Å². The van der Waals surface area contributed by atoms with Crippen LogP contribution in [0.1, 0.15) is 24.5 Å². The van der Waals surface area contributed by atoms with Crippen LogP contribution in [0.5, 0.6) is 0 Å². The number of rotatable bonds is 6. The smallest absolute Gasteiger partial charge is 0.310 e. The van der Waals surface area contributed by atoms with Gasteiger partial charge in [-0.15, -0.1) is 0 Å². The van der Waals surface area contributed by atoms with Crippen LogP contribution in [0.4, 0.5) is 0 Å².